The fourth-order valence-electron chi connectivity index (χ4n) is 3.29. The van der Waals surface area contributed by atoms with Crippen LogP contribution in [0.2, 0.25) is 0 Å². The molecule has 3 N–H and O–H groups in total. The minimum atomic E-state index is -0.853. The number of aromatic hydroxyl groups is 1. The zero-order valence-corrected chi connectivity index (χ0v) is 16.8. The van der Waals surface area contributed by atoms with E-state index >= 15 is 0 Å². The van der Waals surface area contributed by atoms with Crippen molar-refractivity contribution < 1.29 is 19.4 Å². The molecule has 0 fully saturated rings. The van der Waals surface area contributed by atoms with E-state index < -0.39 is 10.9 Å². The van der Waals surface area contributed by atoms with E-state index in [0.29, 0.717) is 17.1 Å². The van der Waals surface area contributed by atoms with Gasteiger partial charge in [-0.05, 0) is 29.8 Å². The fraction of sp³-hybridized carbons (Fsp3) is 0.238. The summed E-state index contributed by atoms with van der Waals surface area (Å²) in [5.74, 6) is 0.442. The molecule has 9 nitrogen and oxygen atoms in total. The Morgan fingerprint density at radius 2 is 1.93 bits per heavy atom. The van der Waals surface area contributed by atoms with Gasteiger partial charge in [0.05, 0.1) is 31.5 Å². The number of nitrogens with zero attached hydrogens (tertiary/aromatic N) is 1. The second-order valence-electron chi connectivity index (χ2n) is 6.52. The van der Waals surface area contributed by atoms with Crippen molar-refractivity contribution in [1.29, 1.82) is 0 Å². The standard InChI is InChI=1S/C21H22N3O6/c1-4-18(25)23-19(12-7-8-16(29-2)17(10-12)30-3)14-11-15(24(27)28)13-6-5-9-22-20(13)21(14)26/h5-11,19,22H,4H2,1-3H3,(H2-,23,25,26,27,28)/q-1. The molecule has 1 heterocycles. The van der Waals surface area contributed by atoms with Crippen LogP contribution in [0.4, 0.5) is 0 Å². The van der Waals surface area contributed by atoms with Crippen LogP contribution in [0.1, 0.15) is 30.5 Å². The Hall–Kier alpha value is -3.88. The van der Waals surface area contributed by atoms with Crippen molar-refractivity contribution >= 4 is 5.91 Å². The number of carbonyl (C=O) groups is 1. The summed E-state index contributed by atoms with van der Waals surface area (Å²) in [6.07, 6.45) is 1.76. The van der Waals surface area contributed by atoms with Crippen LogP contribution in [-0.4, -0.2) is 30.2 Å². The summed E-state index contributed by atoms with van der Waals surface area (Å²) in [5, 5.41) is 37.0. The molecule has 0 bridgehead atoms. The molecule has 0 aromatic heterocycles. The predicted octanol–water partition coefficient (Wildman–Crippen LogP) is 2.23. The zero-order valence-electron chi connectivity index (χ0n) is 16.8. The van der Waals surface area contributed by atoms with Gasteiger partial charge in [0, 0.05) is 24.2 Å². The second-order valence-corrected chi connectivity index (χ2v) is 6.52. The lowest BCUT2D eigenvalue weighted by molar-refractivity contribution is -0.121. The zero-order chi connectivity index (χ0) is 21.8. The third kappa shape index (κ3) is 3.82. The van der Waals surface area contributed by atoms with Crippen LogP contribution in [-0.2, 0) is 4.79 Å². The Morgan fingerprint density at radius 1 is 1.20 bits per heavy atom. The fourth-order valence-corrected chi connectivity index (χ4v) is 3.29. The number of methoxy groups -OCH3 is 2. The number of amides is 1. The Balaban J connectivity index is 2.30. The highest BCUT2D eigenvalue weighted by atomic mass is 16.8. The third-order valence-electron chi connectivity index (χ3n) is 4.81. The number of fused-ring (bicyclic) bond motifs is 1. The lowest BCUT2D eigenvalue weighted by atomic mass is 9.93. The van der Waals surface area contributed by atoms with Gasteiger partial charge in [-0.1, -0.05) is 13.0 Å². The van der Waals surface area contributed by atoms with Gasteiger partial charge in [0.1, 0.15) is 5.75 Å². The highest BCUT2D eigenvalue weighted by Crippen LogP contribution is 2.38. The summed E-state index contributed by atoms with van der Waals surface area (Å²) in [7, 11) is 2.98. The molecule has 0 spiro atoms. The predicted molar refractivity (Wildman–Crippen MR) is 111 cm³/mol. The van der Waals surface area contributed by atoms with Gasteiger partial charge in [0.2, 0.25) is 11.3 Å². The van der Waals surface area contributed by atoms with Crippen LogP contribution < -0.4 is 25.0 Å². The third-order valence-corrected chi connectivity index (χ3v) is 4.81. The first-order valence-corrected chi connectivity index (χ1v) is 9.23. The number of hydrogen-bond acceptors (Lipinski definition) is 6. The highest BCUT2D eigenvalue weighted by Gasteiger charge is 2.26. The number of H-pyrrole nitrogens is 1. The first kappa shape index (κ1) is 20.8. The van der Waals surface area contributed by atoms with E-state index in [9.17, 15) is 20.3 Å². The van der Waals surface area contributed by atoms with E-state index in [4.69, 9.17) is 9.47 Å². The molecule has 3 rings (SSSR count). The van der Waals surface area contributed by atoms with Crippen molar-refractivity contribution in [2.75, 3.05) is 14.2 Å². The Labute approximate surface area is 172 Å². The summed E-state index contributed by atoms with van der Waals surface area (Å²) in [4.78, 5) is 14.6. The summed E-state index contributed by atoms with van der Waals surface area (Å²) in [6.45, 7) is 1.69. The van der Waals surface area contributed by atoms with E-state index in [1.54, 1.807) is 43.5 Å². The summed E-state index contributed by atoms with van der Waals surface area (Å²) >= 11 is 0. The largest absolute Gasteiger partial charge is 0.612 e. The van der Waals surface area contributed by atoms with E-state index in [1.165, 1.54) is 20.3 Å². The van der Waals surface area contributed by atoms with Gasteiger partial charge < -0.3 is 35.3 Å². The van der Waals surface area contributed by atoms with Crippen molar-refractivity contribution in [3.8, 4) is 28.5 Å². The number of ether oxygens (including phenoxy) is 2. The number of pyridine rings is 1. The molecule has 2 aliphatic rings. The molecule has 1 aliphatic carbocycles. The number of hydrogen-bond donors (Lipinski definition) is 3. The molecular weight excluding hydrogens is 390 g/mol. The topological polar surface area (TPSA) is 133 Å². The van der Waals surface area contributed by atoms with Crippen LogP contribution in [0, 0.1) is 10.4 Å². The number of benzene rings is 2. The SMILES string of the molecule is CCC(=O)NC(c1ccc(OC)c(OC)c1)c1cc(=[N+]([O-])[O-])c2ccc[nH]c-2c1O. The van der Waals surface area contributed by atoms with Crippen molar-refractivity contribution in [3.05, 3.63) is 69.5 Å². The van der Waals surface area contributed by atoms with Crippen LogP contribution in [0.15, 0.2) is 42.6 Å². The second kappa shape index (κ2) is 8.64. The van der Waals surface area contributed by atoms with Gasteiger partial charge in [0.25, 0.3) is 0 Å². The van der Waals surface area contributed by atoms with Gasteiger partial charge in [-0.15, -0.1) is 0 Å². The minimum absolute atomic E-state index is 0.186. The maximum Gasteiger partial charge on any atom is 0.232 e. The number of phenolic OH excluding ortho intramolecular Hbond substituents is 1. The molecule has 1 amide bonds. The number of aromatic amines is 1. The summed E-state index contributed by atoms with van der Waals surface area (Å²) < 4.78 is 10.6. The monoisotopic (exact) mass is 412 g/mol. The van der Waals surface area contributed by atoms with E-state index in [0.717, 1.165) is 0 Å². The summed E-state index contributed by atoms with van der Waals surface area (Å²) in [5.41, 5.74) is 1.22. The van der Waals surface area contributed by atoms with Gasteiger partial charge in [-0.3, -0.25) is 4.79 Å². The van der Waals surface area contributed by atoms with Crippen molar-refractivity contribution in [1.82, 2.24) is 15.2 Å². The smallest absolute Gasteiger partial charge is 0.232 e. The van der Waals surface area contributed by atoms with Gasteiger partial charge in [0.15, 0.2) is 11.5 Å². The molecule has 0 saturated heterocycles. The average molecular weight is 412 g/mol. The lowest BCUT2D eigenvalue weighted by Gasteiger charge is -2.23. The average Bonchev–Trinajstić information content (AvgIpc) is 2.77. The molecule has 158 valence electrons. The maximum absolute atomic E-state index is 12.2. The van der Waals surface area contributed by atoms with Crippen molar-refractivity contribution in [2.24, 2.45) is 0 Å². The number of rotatable bonds is 6. The molecule has 0 radical (unpaired) electrons. The molecule has 1 aromatic rings. The molecule has 0 saturated carbocycles. The van der Waals surface area contributed by atoms with Crippen LogP contribution in [0.25, 0.3) is 11.3 Å². The Bertz CT molecular complexity index is 1100. The van der Waals surface area contributed by atoms with E-state index in [1.807, 2.05) is 0 Å². The molecule has 30 heavy (non-hydrogen) atoms. The van der Waals surface area contributed by atoms with Crippen LogP contribution in [0.5, 0.6) is 17.2 Å². The normalized spacial score (nSPS) is 11.7. The molecule has 9 heteroatoms. The van der Waals surface area contributed by atoms with Gasteiger partial charge in [-0.25, -0.2) is 0 Å². The molecule has 1 aromatic carbocycles. The van der Waals surface area contributed by atoms with Crippen molar-refractivity contribution in [2.45, 2.75) is 19.4 Å². The van der Waals surface area contributed by atoms with E-state index in [2.05, 4.69) is 10.3 Å². The molecular formula is C21H22N3O6-. The Morgan fingerprint density at radius 3 is 2.57 bits per heavy atom. The number of carbonyl (C=O) groups excluding carboxylic acids is 1. The van der Waals surface area contributed by atoms with Crippen LogP contribution in [0.3, 0.4) is 0 Å². The van der Waals surface area contributed by atoms with E-state index in [-0.39, 0.29) is 40.3 Å². The van der Waals surface area contributed by atoms with Gasteiger partial charge in [-0.2, -0.15) is 4.90 Å². The molecule has 1 unspecified atom stereocenters. The Kier molecular flexibility index (Phi) is 6.01. The maximum atomic E-state index is 12.2. The first-order valence-electron chi connectivity index (χ1n) is 9.23. The minimum Gasteiger partial charge on any atom is -0.612 e. The number of nitrogens with one attached hydrogen (secondary N) is 2. The summed E-state index contributed by atoms with van der Waals surface area (Å²) in [6, 6.07) is 8.60. The number of phenols is 1. The number of aromatic nitrogens is 1. The highest BCUT2D eigenvalue weighted by molar-refractivity contribution is 5.78. The van der Waals surface area contributed by atoms with Crippen LogP contribution >= 0.6 is 0 Å². The van der Waals surface area contributed by atoms with Crippen molar-refractivity contribution in [3.63, 3.8) is 0 Å². The quantitative estimate of drug-likeness (QED) is 0.532. The molecule has 1 aliphatic heterocycles. The van der Waals surface area contributed by atoms with Gasteiger partial charge >= 0.3 is 0 Å². The molecule has 1 atom stereocenters. The first-order chi connectivity index (χ1) is 14.4. The lowest BCUT2D eigenvalue weighted by Crippen LogP contribution is -2.31.